The quantitative estimate of drug-likeness (QED) is 0.465. The highest BCUT2D eigenvalue weighted by molar-refractivity contribution is 5.79. The predicted molar refractivity (Wildman–Crippen MR) is 98.9 cm³/mol. The molecule has 0 amide bonds. The average molecular weight is 348 g/mol. The molecule has 0 aliphatic carbocycles. The van der Waals surface area contributed by atoms with Crippen LogP contribution in [0, 0.1) is 0 Å². The van der Waals surface area contributed by atoms with Gasteiger partial charge >= 0.3 is 0 Å². The molecule has 0 saturated carbocycles. The van der Waals surface area contributed by atoms with Crippen LogP contribution in [0.1, 0.15) is 57.1 Å². The zero-order valence-electron chi connectivity index (χ0n) is 15.7. The summed E-state index contributed by atoms with van der Waals surface area (Å²) >= 11 is 0. The third-order valence-corrected chi connectivity index (χ3v) is 5.21. The van der Waals surface area contributed by atoms with Gasteiger partial charge in [-0.2, -0.15) is 0 Å². The van der Waals surface area contributed by atoms with Crippen LogP contribution in [0.4, 0.5) is 0 Å². The number of guanidine groups is 1. The average Bonchev–Trinajstić information content (AvgIpc) is 3.14. The summed E-state index contributed by atoms with van der Waals surface area (Å²) in [5, 5.41) is 15.5. The van der Waals surface area contributed by atoms with Crippen LogP contribution in [0.3, 0.4) is 0 Å². The minimum atomic E-state index is -0.0588. The second kappa shape index (κ2) is 8.65. The monoisotopic (exact) mass is 348 g/mol. The van der Waals surface area contributed by atoms with Gasteiger partial charge in [-0.25, -0.2) is 0 Å². The van der Waals surface area contributed by atoms with Crippen molar-refractivity contribution >= 4 is 5.96 Å². The topological polar surface area (TPSA) is 76.4 Å². The van der Waals surface area contributed by atoms with E-state index in [1.807, 2.05) is 7.05 Å². The summed E-state index contributed by atoms with van der Waals surface area (Å²) in [6, 6.07) is 0. The van der Waals surface area contributed by atoms with Crippen LogP contribution in [0.5, 0.6) is 0 Å². The van der Waals surface area contributed by atoms with Crippen LogP contribution >= 0.6 is 0 Å². The standard InChI is InChI=1S/C18H32N6O/c1-18(10-7-13-25-18)14-21-17(19-2)20-11-6-9-16-23-22-15-8-4-3-5-12-24(15)16/h3-14H2,1-2H3,(H2,19,20,21). The molecule has 3 heterocycles. The second-order valence-electron chi connectivity index (χ2n) is 7.35. The van der Waals surface area contributed by atoms with Crippen molar-refractivity contribution in [1.82, 2.24) is 25.4 Å². The second-order valence-corrected chi connectivity index (χ2v) is 7.35. The Bertz CT molecular complexity index is 576. The normalized spacial score (nSPS) is 24.0. The lowest BCUT2D eigenvalue weighted by Gasteiger charge is -2.24. The summed E-state index contributed by atoms with van der Waals surface area (Å²) in [5.74, 6) is 3.15. The van der Waals surface area contributed by atoms with Gasteiger partial charge in [0.05, 0.1) is 5.60 Å². The Morgan fingerprint density at radius 3 is 2.96 bits per heavy atom. The number of fused-ring (bicyclic) bond motifs is 1. The van der Waals surface area contributed by atoms with E-state index in [4.69, 9.17) is 4.74 Å². The fraction of sp³-hybridized carbons (Fsp3) is 0.833. The number of aliphatic imine (C=N–C) groups is 1. The van der Waals surface area contributed by atoms with Gasteiger partial charge in [-0.15, -0.1) is 10.2 Å². The Balaban J connectivity index is 1.39. The number of hydrogen-bond donors (Lipinski definition) is 2. The zero-order chi connectivity index (χ0) is 17.5. The Hall–Kier alpha value is -1.63. The molecule has 0 radical (unpaired) electrons. The highest BCUT2D eigenvalue weighted by atomic mass is 16.5. The molecule has 25 heavy (non-hydrogen) atoms. The Kier molecular flexibility index (Phi) is 6.29. The maximum absolute atomic E-state index is 5.81. The van der Waals surface area contributed by atoms with Gasteiger partial charge in [0.15, 0.2) is 5.96 Å². The molecule has 2 aliphatic heterocycles. The van der Waals surface area contributed by atoms with Gasteiger partial charge in [0.25, 0.3) is 0 Å². The molecule has 7 nitrogen and oxygen atoms in total. The summed E-state index contributed by atoms with van der Waals surface area (Å²) in [7, 11) is 1.81. The van der Waals surface area contributed by atoms with Gasteiger partial charge in [-0.1, -0.05) is 6.42 Å². The van der Waals surface area contributed by atoms with E-state index in [2.05, 4.69) is 37.3 Å². The summed E-state index contributed by atoms with van der Waals surface area (Å²) < 4.78 is 8.14. The molecule has 1 aromatic heterocycles. The van der Waals surface area contributed by atoms with Crippen LogP contribution in [0.2, 0.25) is 0 Å². The van der Waals surface area contributed by atoms with Crippen molar-refractivity contribution in [3.8, 4) is 0 Å². The van der Waals surface area contributed by atoms with Crippen molar-refractivity contribution in [1.29, 1.82) is 0 Å². The molecule has 1 unspecified atom stereocenters. The van der Waals surface area contributed by atoms with E-state index in [1.165, 1.54) is 25.1 Å². The molecular weight excluding hydrogens is 316 g/mol. The lowest BCUT2D eigenvalue weighted by molar-refractivity contribution is 0.0243. The van der Waals surface area contributed by atoms with E-state index >= 15 is 0 Å². The number of nitrogens with one attached hydrogen (secondary N) is 2. The van der Waals surface area contributed by atoms with Crippen LogP contribution in [0.15, 0.2) is 4.99 Å². The molecule has 1 aromatic rings. The first kappa shape index (κ1) is 18.2. The van der Waals surface area contributed by atoms with Crippen LogP contribution in [0.25, 0.3) is 0 Å². The van der Waals surface area contributed by atoms with Gasteiger partial charge in [0.1, 0.15) is 11.6 Å². The number of aryl methyl sites for hydroxylation is 2. The molecule has 0 bridgehead atoms. The number of rotatable bonds is 6. The van der Waals surface area contributed by atoms with Gasteiger partial charge in [-0.05, 0) is 39.0 Å². The maximum atomic E-state index is 5.81. The number of hydrogen-bond acceptors (Lipinski definition) is 4. The van der Waals surface area contributed by atoms with Crippen molar-refractivity contribution in [2.45, 2.75) is 70.4 Å². The minimum Gasteiger partial charge on any atom is -0.373 e. The summed E-state index contributed by atoms with van der Waals surface area (Å²) in [6.07, 6.45) is 9.09. The van der Waals surface area contributed by atoms with Crippen molar-refractivity contribution < 1.29 is 4.74 Å². The van der Waals surface area contributed by atoms with Gasteiger partial charge in [0, 0.05) is 46.1 Å². The maximum Gasteiger partial charge on any atom is 0.191 e. The number of nitrogens with zero attached hydrogens (tertiary/aromatic N) is 4. The van der Waals surface area contributed by atoms with Crippen molar-refractivity contribution in [3.63, 3.8) is 0 Å². The molecule has 1 fully saturated rings. The molecule has 0 spiro atoms. The molecule has 2 aliphatic rings. The molecule has 1 saturated heterocycles. The van der Waals surface area contributed by atoms with Gasteiger partial charge in [0.2, 0.25) is 0 Å². The molecule has 3 rings (SSSR count). The highest BCUT2D eigenvalue weighted by Crippen LogP contribution is 2.23. The van der Waals surface area contributed by atoms with Gasteiger partial charge in [-0.3, -0.25) is 4.99 Å². The summed E-state index contributed by atoms with van der Waals surface area (Å²) in [5.41, 5.74) is -0.0588. The van der Waals surface area contributed by atoms with E-state index in [9.17, 15) is 0 Å². The Morgan fingerprint density at radius 2 is 2.16 bits per heavy atom. The third-order valence-electron chi connectivity index (χ3n) is 5.21. The largest absolute Gasteiger partial charge is 0.373 e. The van der Waals surface area contributed by atoms with E-state index in [0.29, 0.717) is 0 Å². The predicted octanol–water partition coefficient (Wildman–Crippen LogP) is 1.67. The zero-order valence-corrected chi connectivity index (χ0v) is 15.7. The van der Waals surface area contributed by atoms with Crippen molar-refractivity contribution in [2.24, 2.45) is 4.99 Å². The first-order valence-electron chi connectivity index (χ1n) is 9.70. The van der Waals surface area contributed by atoms with Crippen molar-refractivity contribution in [3.05, 3.63) is 11.6 Å². The van der Waals surface area contributed by atoms with E-state index in [0.717, 1.165) is 70.1 Å². The molecule has 1 atom stereocenters. The SMILES string of the molecule is CN=C(NCCCc1nnc2n1CCCCC2)NCC1(C)CCCO1. The summed E-state index contributed by atoms with van der Waals surface area (Å²) in [4.78, 5) is 4.30. The van der Waals surface area contributed by atoms with E-state index in [1.54, 1.807) is 0 Å². The first-order valence-corrected chi connectivity index (χ1v) is 9.70. The minimum absolute atomic E-state index is 0.0588. The summed E-state index contributed by atoms with van der Waals surface area (Å²) in [6.45, 7) is 5.78. The highest BCUT2D eigenvalue weighted by Gasteiger charge is 2.29. The van der Waals surface area contributed by atoms with E-state index < -0.39 is 0 Å². The molecule has 0 aromatic carbocycles. The molecule has 140 valence electrons. The van der Waals surface area contributed by atoms with Crippen LogP contribution < -0.4 is 10.6 Å². The lowest BCUT2D eigenvalue weighted by Crippen LogP contribution is -2.45. The Morgan fingerprint density at radius 1 is 1.24 bits per heavy atom. The molecule has 7 heteroatoms. The van der Waals surface area contributed by atoms with Gasteiger partial charge < -0.3 is 19.9 Å². The Labute approximate surface area is 150 Å². The first-order chi connectivity index (χ1) is 12.2. The van der Waals surface area contributed by atoms with Crippen molar-refractivity contribution in [2.75, 3.05) is 26.7 Å². The number of ether oxygens (including phenoxy) is 1. The number of aromatic nitrogens is 3. The van der Waals surface area contributed by atoms with Crippen LogP contribution in [-0.4, -0.2) is 53.1 Å². The fourth-order valence-electron chi connectivity index (χ4n) is 3.65. The third kappa shape index (κ3) is 4.93. The molecular formula is C18H32N6O. The van der Waals surface area contributed by atoms with Crippen LogP contribution in [-0.2, 0) is 24.1 Å². The molecule has 2 N–H and O–H groups in total. The fourth-order valence-corrected chi connectivity index (χ4v) is 3.65. The smallest absolute Gasteiger partial charge is 0.191 e. The lowest BCUT2D eigenvalue weighted by atomic mass is 10.0. The van der Waals surface area contributed by atoms with E-state index in [-0.39, 0.29) is 5.60 Å².